The molecule has 1 heterocycles. The molecule has 2 aromatic rings. The quantitative estimate of drug-likeness (QED) is 0.799. The van der Waals surface area contributed by atoms with Crippen LogP contribution in [0.1, 0.15) is 13.8 Å². The van der Waals surface area contributed by atoms with Crippen molar-refractivity contribution in [1.29, 1.82) is 0 Å². The third-order valence-electron chi connectivity index (χ3n) is 3.63. The number of carbonyl (C=O) groups excluding carboxylic acids is 1. The molecule has 0 radical (unpaired) electrons. The Bertz CT molecular complexity index is 777. The number of nitrogens with zero attached hydrogens (tertiary/aromatic N) is 1. The zero-order valence-electron chi connectivity index (χ0n) is 13.4. The maximum Gasteiger partial charge on any atom is 0.265 e. The van der Waals surface area contributed by atoms with Gasteiger partial charge in [0.2, 0.25) is 0 Å². The Labute approximate surface area is 150 Å². The summed E-state index contributed by atoms with van der Waals surface area (Å²) in [6.07, 6.45) is 0. The fraction of sp³-hybridized carbons (Fsp3) is 0.278. The van der Waals surface area contributed by atoms with E-state index >= 15 is 0 Å². The molecule has 0 fully saturated rings. The zero-order valence-corrected chi connectivity index (χ0v) is 14.9. The smallest absolute Gasteiger partial charge is 0.265 e. The van der Waals surface area contributed by atoms with Crippen molar-refractivity contribution in [3.05, 3.63) is 52.5 Å². The largest absolute Gasteiger partial charge is 0.484 e. The van der Waals surface area contributed by atoms with Gasteiger partial charge in [-0.3, -0.25) is 4.79 Å². The van der Waals surface area contributed by atoms with E-state index in [1.54, 1.807) is 23.1 Å². The molecule has 3 rings (SSSR count). The van der Waals surface area contributed by atoms with E-state index in [2.05, 4.69) is 0 Å². The topological polar surface area (TPSA) is 38.8 Å². The third-order valence-corrected chi connectivity index (χ3v) is 4.16. The summed E-state index contributed by atoms with van der Waals surface area (Å²) in [6, 6.07) is 12.4. The van der Waals surface area contributed by atoms with E-state index in [1.807, 2.05) is 38.1 Å². The third kappa shape index (κ3) is 3.60. The Morgan fingerprint density at radius 2 is 2.00 bits per heavy atom. The Kier molecular flexibility index (Phi) is 4.61. The lowest BCUT2D eigenvalue weighted by molar-refractivity contribution is -0.121. The Morgan fingerprint density at radius 1 is 1.25 bits per heavy atom. The molecule has 0 spiro atoms. The minimum atomic E-state index is -0.470. The van der Waals surface area contributed by atoms with E-state index in [4.69, 9.17) is 32.7 Å². The maximum atomic E-state index is 12.7. The Morgan fingerprint density at radius 3 is 2.75 bits per heavy atom. The van der Waals surface area contributed by atoms with Gasteiger partial charge in [-0.2, -0.15) is 0 Å². The number of ether oxygens (including phenoxy) is 2. The van der Waals surface area contributed by atoms with Gasteiger partial charge in [-0.25, -0.2) is 0 Å². The van der Waals surface area contributed by atoms with Crippen LogP contribution in [0.3, 0.4) is 0 Å². The molecule has 126 valence electrons. The van der Waals surface area contributed by atoms with Gasteiger partial charge in [0.1, 0.15) is 17.1 Å². The highest BCUT2D eigenvalue weighted by Crippen LogP contribution is 2.36. The Balaban J connectivity index is 1.77. The minimum absolute atomic E-state index is 0.119. The molecular weight excluding hydrogens is 349 g/mol. The van der Waals surface area contributed by atoms with Crippen LogP contribution < -0.4 is 14.4 Å². The number of fused-ring (bicyclic) bond motifs is 1. The highest BCUT2D eigenvalue weighted by atomic mass is 35.5. The fourth-order valence-electron chi connectivity index (χ4n) is 2.59. The van der Waals surface area contributed by atoms with Crippen LogP contribution in [0.25, 0.3) is 0 Å². The molecule has 0 bridgehead atoms. The molecule has 2 aromatic carbocycles. The van der Waals surface area contributed by atoms with E-state index in [-0.39, 0.29) is 12.5 Å². The average molecular weight is 366 g/mol. The number of hydrogen-bond acceptors (Lipinski definition) is 3. The molecule has 1 amide bonds. The van der Waals surface area contributed by atoms with Gasteiger partial charge in [0.05, 0.1) is 17.3 Å². The second-order valence-electron chi connectivity index (χ2n) is 6.17. The summed E-state index contributed by atoms with van der Waals surface area (Å²) in [5, 5.41) is 0.889. The molecule has 0 N–H and O–H groups in total. The summed E-state index contributed by atoms with van der Waals surface area (Å²) < 4.78 is 11.5. The predicted molar refractivity (Wildman–Crippen MR) is 95.5 cm³/mol. The molecule has 0 atom stereocenters. The summed E-state index contributed by atoms with van der Waals surface area (Å²) in [5.41, 5.74) is 0.273. The standard InChI is InChI=1S/C18H17Cl2NO3/c1-18(2)11-21(14-5-3-4-6-16(14)24-18)17(22)10-23-15-8-7-12(19)9-13(15)20/h3-9H,10-11H2,1-2H3. The predicted octanol–water partition coefficient (Wildman–Crippen LogP) is 4.58. The molecule has 6 heteroatoms. The van der Waals surface area contributed by atoms with Crippen LogP contribution in [0.15, 0.2) is 42.5 Å². The second-order valence-corrected chi connectivity index (χ2v) is 7.02. The molecule has 0 aliphatic carbocycles. The van der Waals surface area contributed by atoms with Crippen molar-refractivity contribution in [3.63, 3.8) is 0 Å². The van der Waals surface area contributed by atoms with Gasteiger partial charge in [0.25, 0.3) is 5.91 Å². The first-order chi connectivity index (χ1) is 11.4. The monoisotopic (exact) mass is 365 g/mol. The SMILES string of the molecule is CC1(C)CN(C(=O)COc2ccc(Cl)cc2Cl)c2ccccc2O1. The summed E-state index contributed by atoms with van der Waals surface area (Å²) in [4.78, 5) is 14.4. The number of rotatable bonds is 3. The van der Waals surface area contributed by atoms with Crippen LogP contribution in [0.2, 0.25) is 10.0 Å². The van der Waals surface area contributed by atoms with Gasteiger partial charge in [0.15, 0.2) is 6.61 Å². The molecule has 1 aliphatic rings. The first kappa shape index (κ1) is 16.9. The van der Waals surface area contributed by atoms with Gasteiger partial charge in [-0.1, -0.05) is 35.3 Å². The van der Waals surface area contributed by atoms with Crippen LogP contribution in [-0.2, 0) is 4.79 Å². The number of anilines is 1. The molecule has 4 nitrogen and oxygen atoms in total. The highest BCUT2D eigenvalue weighted by molar-refractivity contribution is 6.35. The van der Waals surface area contributed by atoms with Gasteiger partial charge < -0.3 is 14.4 Å². The summed E-state index contributed by atoms with van der Waals surface area (Å²) in [7, 11) is 0. The van der Waals surface area contributed by atoms with Crippen molar-refractivity contribution in [1.82, 2.24) is 0 Å². The lowest BCUT2D eigenvalue weighted by Gasteiger charge is -2.39. The maximum absolute atomic E-state index is 12.7. The van der Waals surface area contributed by atoms with E-state index in [0.29, 0.717) is 28.1 Å². The summed E-state index contributed by atoms with van der Waals surface area (Å²) >= 11 is 11.9. The lowest BCUT2D eigenvalue weighted by atomic mass is 10.1. The van der Waals surface area contributed by atoms with E-state index < -0.39 is 5.60 Å². The molecule has 0 saturated carbocycles. The van der Waals surface area contributed by atoms with Crippen molar-refractivity contribution < 1.29 is 14.3 Å². The zero-order chi connectivity index (χ0) is 17.3. The van der Waals surface area contributed by atoms with Gasteiger partial charge in [0, 0.05) is 5.02 Å². The number of para-hydroxylation sites is 2. The molecule has 0 saturated heterocycles. The normalized spacial score (nSPS) is 15.4. The van der Waals surface area contributed by atoms with Crippen molar-refractivity contribution >= 4 is 34.8 Å². The summed E-state index contributed by atoms with van der Waals surface area (Å²) in [5.74, 6) is 0.951. The number of carbonyl (C=O) groups is 1. The molecule has 1 aliphatic heterocycles. The number of halogens is 2. The summed E-state index contributed by atoms with van der Waals surface area (Å²) in [6.45, 7) is 4.21. The van der Waals surface area contributed by atoms with Gasteiger partial charge >= 0.3 is 0 Å². The minimum Gasteiger partial charge on any atom is -0.484 e. The molecule has 0 aromatic heterocycles. The molecule has 24 heavy (non-hydrogen) atoms. The van der Waals surface area contributed by atoms with Crippen LogP contribution in [-0.4, -0.2) is 24.7 Å². The van der Waals surface area contributed by atoms with Crippen LogP contribution >= 0.6 is 23.2 Å². The van der Waals surface area contributed by atoms with Crippen LogP contribution in [0.5, 0.6) is 11.5 Å². The fourth-order valence-corrected chi connectivity index (χ4v) is 3.06. The van der Waals surface area contributed by atoms with E-state index in [0.717, 1.165) is 5.69 Å². The highest BCUT2D eigenvalue weighted by Gasteiger charge is 2.34. The molecular formula is C18H17Cl2NO3. The number of benzene rings is 2. The first-order valence-corrected chi connectivity index (χ1v) is 8.27. The van der Waals surface area contributed by atoms with Crippen molar-refractivity contribution in [2.75, 3.05) is 18.1 Å². The van der Waals surface area contributed by atoms with E-state index in [1.165, 1.54) is 0 Å². The number of amides is 1. The lowest BCUT2D eigenvalue weighted by Crippen LogP contribution is -2.50. The Hall–Kier alpha value is -1.91. The van der Waals surface area contributed by atoms with Crippen LogP contribution in [0.4, 0.5) is 5.69 Å². The average Bonchev–Trinajstić information content (AvgIpc) is 2.52. The van der Waals surface area contributed by atoms with E-state index in [9.17, 15) is 4.79 Å². The second kappa shape index (κ2) is 6.54. The van der Waals surface area contributed by atoms with Crippen LogP contribution in [0, 0.1) is 0 Å². The van der Waals surface area contributed by atoms with Gasteiger partial charge in [-0.15, -0.1) is 0 Å². The first-order valence-electron chi connectivity index (χ1n) is 7.52. The molecule has 0 unspecified atom stereocenters. The van der Waals surface area contributed by atoms with Gasteiger partial charge in [-0.05, 0) is 44.2 Å². The number of hydrogen-bond donors (Lipinski definition) is 0. The van der Waals surface area contributed by atoms with Crippen molar-refractivity contribution in [2.24, 2.45) is 0 Å². The van der Waals surface area contributed by atoms with Crippen molar-refractivity contribution in [2.45, 2.75) is 19.4 Å². The van der Waals surface area contributed by atoms with Crippen molar-refractivity contribution in [3.8, 4) is 11.5 Å².